The molecule has 0 aliphatic heterocycles. The Hall–Kier alpha value is -3.58. The summed E-state index contributed by atoms with van der Waals surface area (Å²) in [6.45, 7) is 7.21. The number of thiophene rings is 1. The van der Waals surface area contributed by atoms with E-state index >= 15 is 0 Å². The summed E-state index contributed by atoms with van der Waals surface area (Å²) < 4.78 is 16.3. The summed E-state index contributed by atoms with van der Waals surface area (Å²) in [6, 6.07) is 15.0. The van der Waals surface area contributed by atoms with Crippen LogP contribution in [0.4, 0.5) is 5.00 Å². The number of anilines is 1. The number of rotatable bonds is 11. The quantitative estimate of drug-likeness (QED) is 0.253. The van der Waals surface area contributed by atoms with E-state index < -0.39 is 5.97 Å². The number of esters is 1. The zero-order chi connectivity index (χ0) is 24.3. The standard InChI is InChI=1S/C27H29NO5S/c1-4-17-33-22-12-7-19(8-13-22)9-16-24(29)28-26-25(27(30)32-6-3)23(18-34-26)20-10-14-21(15-11-20)31-5-2/h7-16,18H,4-6,17H2,1-3H3,(H,28,29)/b16-9+. The maximum atomic E-state index is 12.7. The van der Waals surface area contributed by atoms with Crippen molar-refractivity contribution in [3.63, 3.8) is 0 Å². The number of hydrogen-bond donors (Lipinski definition) is 1. The Labute approximate surface area is 204 Å². The van der Waals surface area contributed by atoms with Gasteiger partial charge in [-0.2, -0.15) is 0 Å². The highest BCUT2D eigenvalue weighted by Gasteiger charge is 2.22. The van der Waals surface area contributed by atoms with Gasteiger partial charge in [-0.05, 0) is 61.7 Å². The number of ether oxygens (including phenoxy) is 3. The van der Waals surface area contributed by atoms with Crippen molar-refractivity contribution in [1.82, 2.24) is 0 Å². The summed E-state index contributed by atoms with van der Waals surface area (Å²) in [5.41, 5.74) is 2.75. The van der Waals surface area contributed by atoms with E-state index in [1.165, 1.54) is 17.4 Å². The van der Waals surface area contributed by atoms with Crippen LogP contribution in [0.15, 0.2) is 60.0 Å². The average Bonchev–Trinajstić information content (AvgIpc) is 3.26. The highest BCUT2D eigenvalue weighted by Crippen LogP contribution is 2.37. The highest BCUT2D eigenvalue weighted by atomic mass is 32.1. The van der Waals surface area contributed by atoms with Crippen LogP contribution in [0.5, 0.6) is 11.5 Å². The largest absolute Gasteiger partial charge is 0.494 e. The first-order valence-corrected chi connectivity index (χ1v) is 12.2. The Balaban J connectivity index is 1.77. The van der Waals surface area contributed by atoms with E-state index in [-0.39, 0.29) is 12.5 Å². The third kappa shape index (κ3) is 6.71. The minimum absolute atomic E-state index is 0.239. The highest BCUT2D eigenvalue weighted by molar-refractivity contribution is 7.15. The number of hydrogen-bond acceptors (Lipinski definition) is 6. The molecule has 0 radical (unpaired) electrons. The van der Waals surface area contributed by atoms with Crippen molar-refractivity contribution in [2.75, 3.05) is 25.1 Å². The van der Waals surface area contributed by atoms with Crippen molar-refractivity contribution in [3.8, 4) is 22.6 Å². The lowest BCUT2D eigenvalue weighted by molar-refractivity contribution is -0.111. The van der Waals surface area contributed by atoms with E-state index in [0.717, 1.165) is 29.0 Å². The molecule has 34 heavy (non-hydrogen) atoms. The second kappa shape index (κ2) is 12.6. The summed E-state index contributed by atoms with van der Waals surface area (Å²) in [5, 5.41) is 5.11. The summed E-state index contributed by atoms with van der Waals surface area (Å²) in [6.07, 6.45) is 4.09. The summed E-state index contributed by atoms with van der Waals surface area (Å²) in [4.78, 5) is 25.3. The molecule has 6 nitrogen and oxygen atoms in total. The normalized spacial score (nSPS) is 10.8. The van der Waals surface area contributed by atoms with Gasteiger partial charge in [-0.3, -0.25) is 4.79 Å². The van der Waals surface area contributed by atoms with Crippen LogP contribution >= 0.6 is 11.3 Å². The van der Waals surface area contributed by atoms with Gasteiger partial charge in [0.2, 0.25) is 5.91 Å². The van der Waals surface area contributed by atoms with Crippen molar-refractivity contribution in [3.05, 3.63) is 71.1 Å². The monoisotopic (exact) mass is 479 g/mol. The molecule has 1 amide bonds. The molecule has 0 saturated heterocycles. The Morgan fingerprint density at radius 2 is 1.59 bits per heavy atom. The molecule has 0 aliphatic carbocycles. The molecular weight excluding hydrogens is 450 g/mol. The first-order valence-electron chi connectivity index (χ1n) is 11.3. The van der Waals surface area contributed by atoms with Crippen molar-refractivity contribution < 1.29 is 23.8 Å². The fourth-order valence-corrected chi connectivity index (χ4v) is 4.15. The second-order valence-corrected chi connectivity index (χ2v) is 8.15. The van der Waals surface area contributed by atoms with Crippen LogP contribution in [0.2, 0.25) is 0 Å². The lowest BCUT2D eigenvalue weighted by Crippen LogP contribution is -2.12. The molecule has 178 valence electrons. The Kier molecular flexibility index (Phi) is 9.29. The molecule has 1 heterocycles. The summed E-state index contributed by atoms with van der Waals surface area (Å²) >= 11 is 1.28. The topological polar surface area (TPSA) is 73.9 Å². The van der Waals surface area contributed by atoms with E-state index in [2.05, 4.69) is 12.2 Å². The van der Waals surface area contributed by atoms with Gasteiger partial charge in [0.15, 0.2) is 0 Å². The molecule has 0 fully saturated rings. The van der Waals surface area contributed by atoms with Crippen molar-refractivity contribution >= 4 is 34.3 Å². The van der Waals surface area contributed by atoms with Gasteiger partial charge >= 0.3 is 5.97 Å². The first kappa shape index (κ1) is 25.1. The lowest BCUT2D eigenvalue weighted by atomic mass is 10.0. The van der Waals surface area contributed by atoms with Crippen LogP contribution in [-0.2, 0) is 9.53 Å². The summed E-state index contributed by atoms with van der Waals surface area (Å²) in [7, 11) is 0. The summed E-state index contributed by atoms with van der Waals surface area (Å²) in [5.74, 6) is 0.734. The molecule has 0 bridgehead atoms. The van der Waals surface area contributed by atoms with Crippen LogP contribution < -0.4 is 14.8 Å². The zero-order valence-electron chi connectivity index (χ0n) is 19.6. The molecule has 0 aliphatic rings. The van der Waals surface area contributed by atoms with Gasteiger partial charge < -0.3 is 19.5 Å². The third-order valence-electron chi connectivity index (χ3n) is 4.76. The molecule has 2 aromatic carbocycles. The molecule has 1 N–H and O–H groups in total. The fraction of sp³-hybridized carbons (Fsp3) is 0.259. The van der Waals surface area contributed by atoms with Crippen molar-refractivity contribution in [1.29, 1.82) is 0 Å². The Morgan fingerprint density at radius 3 is 2.24 bits per heavy atom. The minimum atomic E-state index is -0.477. The van der Waals surface area contributed by atoms with Crippen LogP contribution in [0.25, 0.3) is 17.2 Å². The van der Waals surface area contributed by atoms with Crippen LogP contribution in [0.1, 0.15) is 43.1 Å². The van der Waals surface area contributed by atoms with Crippen LogP contribution in [0.3, 0.4) is 0 Å². The van der Waals surface area contributed by atoms with E-state index in [4.69, 9.17) is 14.2 Å². The molecule has 0 saturated carbocycles. The molecule has 0 atom stereocenters. The van der Waals surface area contributed by atoms with E-state index in [0.29, 0.717) is 29.3 Å². The smallest absolute Gasteiger partial charge is 0.341 e. The molecule has 1 aromatic heterocycles. The molecule has 3 rings (SSSR count). The Bertz CT molecular complexity index is 1120. The molecule has 0 spiro atoms. The molecule has 0 unspecified atom stereocenters. The maximum Gasteiger partial charge on any atom is 0.341 e. The van der Waals surface area contributed by atoms with Gasteiger partial charge in [-0.1, -0.05) is 31.2 Å². The minimum Gasteiger partial charge on any atom is -0.494 e. The fourth-order valence-electron chi connectivity index (χ4n) is 3.19. The van der Waals surface area contributed by atoms with E-state index in [1.807, 2.05) is 60.8 Å². The zero-order valence-corrected chi connectivity index (χ0v) is 20.4. The van der Waals surface area contributed by atoms with Crippen LogP contribution in [0, 0.1) is 0 Å². The maximum absolute atomic E-state index is 12.7. The number of carbonyl (C=O) groups excluding carboxylic acids is 2. The SMILES string of the molecule is CCCOc1ccc(/C=C/C(=O)Nc2scc(-c3ccc(OCC)cc3)c2C(=O)OCC)cc1. The van der Waals surface area contributed by atoms with Gasteiger partial charge in [0.25, 0.3) is 0 Å². The lowest BCUT2D eigenvalue weighted by Gasteiger charge is -2.09. The van der Waals surface area contributed by atoms with Gasteiger partial charge in [0.05, 0.1) is 19.8 Å². The number of benzene rings is 2. The first-order chi connectivity index (χ1) is 16.5. The van der Waals surface area contributed by atoms with Gasteiger partial charge in [-0.25, -0.2) is 4.79 Å². The Morgan fingerprint density at radius 1 is 0.912 bits per heavy atom. The average molecular weight is 480 g/mol. The molecular formula is C27H29NO5S. The third-order valence-corrected chi connectivity index (χ3v) is 5.66. The van der Waals surface area contributed by atoms with E-state index in [9.17, 15) is 9.59 Å². The number of nitrogens with one attached hydrogen (secondary N) is 1. The predicted molar refractivity (Wildman–Crippen MR) is 137 cm³/mol. The van der Waals surface area contributed by atoms with Gasteiger partial charge in [-0.15, -0.1) is 11.3 Å². The predicted octanol–water partition coefficient (Wildman–Crippen LogP) is 6.43. The number of carbonyl (C=O) groups is 2. The van der Waals surface area contributed by atoms with Crippen LogP contribution in [-0.4, -0.2) is 31.7 Å². The van der Waals surface area contributed by atoms with Gasteiger partial charge in [0.1, 0.15) is 22.1 Å². The van der Waals surface area contributed by atoms with Gasteiger partial charge in [0, 0.05) is 17.0 Å². The van der Waals surface area contributed by atoms with Crippen molar-refractivity contribution in [2.24, 2.45) is 0 Å². The molecule has 3 aromatic rings. The number of amides is 1. The van der Waals surface area contributed by atoms with E-state index in [1.54, 1.807) is 13.0 Å². The molecule has 7 heteroatoms. The second-order valence-electron chi connectivity index (χ2n) is 7.27. The van der Waals surface area contributed by atoms with Crippen molar-refractivity contribution in [2.45, 2.75) is 27.2 Å².